The Morgan fingerprint density at radius 3 is 2.48 bits per heavy atom. The second-order valence-corrected chi connectivity index (χ2v) is 8.41. The largest absolute Gasteiger partial charge is 0.478 e. The number of aromatic carboxylic acids is 1. The molecule has 0 radical (unpaired) electrons. The molecule has 2 aromatic carbocycles. The van der Waals surface area contributed by atoms with Crippen LogP contribution in [0, 0.1) is 12.7 Å². The number of benzene rings is 2. The molecule has 0 aliphatic carbocycles. The number of aryl methyl sites for hydroxylation is 1. The Kier molecular flexibility index (Phi) is 5.93. The minimum atomic E-state index is -1.07. The summed E-state index contributed by atoms with van der Waals surface area (Å²) in [5.41, 5.74) is 0.486. The monoisotopic (exact) mass is 467 g/mol. The zero-order chi connectivity index (χ0) is 23.7. The lowest BCUT2D eigenvalue weighted by molar-refractivity contribution is 0.0696. The van der Waals surface area contributed by atoms with Crippen molar-refractivity contribution in [2.75, 3.05) is 0 Å². The summed E-state index contributed by atoms with van der Waals surface area (Å²) in [6.07, 6.45) is 1.37. The smallest absolute Gasteiger partial charge is 0.336 e. The lowest BCUT2D eigenvalue weighted by Crippen LogP contribution is -2.38. The molecule has 0 fully saturated rings. The van der Waals surface area contributed by atoms with E-state index in [4.69, 9.17) is 5.11 Å². The Balaban J connectivity index is 1.63. The fourth-order valence-electron chi connectivity index (χ4n) is 3.36. The van der Waals surface area contributed by atoms with E-state index in [1.807, 2.05) is 0 Å². The molecule has 0 saturated carbocycles. The van der Waals surface area contributed by atoms with Crippen LogP contribution in [0.25, 0.3) is 4.83 Å². The van der Waals surface area contributed by atoms with Gasteiger partial charge in [-0.25, -0.2) is 14.0 Å². The van der Waals surface area contributed by atoms with Crippen LogP contribution in [0.4, 0.5) is 4.39 Å². The molecule has 0 saturated heterocycles. The van der Waals surface area contributed by atoms with E-state index >= 15 is 0 Å². The summed E-state index contributed by atoms with van der Waals surface area (Å²) < 4.78 is 15.6. The number of carbonyl (C=O) groups is 2. The van der Waals surface area contributed by atoms with Crippen LogP contribution in [0.3, 0.4) is 0 Å². The summed E-state index contributed by atoms with van der Waals surface area (Å²) in [6, 6.07) is 11.7. The van der Waals surface area contributed by atoms with Crippen molar-refractivity contribution < 1.29 is 19.1 Å². The highest BCUT2D eigenvalue weighted by atomic mass is 32.1. The Bertz CT molecular complexity index is 1500. The maximum atomic E-state index is 13.3. The van der Waals surface area contributed by atoms with Crippen LogP contribution in [-0.2, 0) is 13.1 Å². The van der Waals surface area contributed by atoms with Crippen molar-refractivity contribution in [1.82, 2.24) is 14.3 Å². The van der Waals surface area contributed by atoms with Crippen LogP contribution in [-0.4, -0.2) is 26.0 Å². The van der Waals surface area contributed by atoms with Crippen molar-refractivity contribution in [2.24, 2.45) is 0 Å². The standard InChI is InChI=1S/C23H18FN3O5S/c1-13-20(29)26(11-14-5-7-16(8-6-14)22(30)31)23(32)27-12-18(33-21(13)27)19(28)25-10-15-3-2-4-17(24)9-15/h2-9,12H,10-11H2,1H3,(H,25,28)(H,30,31). The van der Waals surface area contributed by atoms with Gasteiger partial charge in [0.25, 0.3) is 11.5 Å². The molecule has 168 valence electrons. The van der Waals surface area contributed by atoms with Gasteiger partial charge >= 0.3 is 11.7 Å². The van der Waals surface area contributed by atoms with Gasteiger partial charge in [-0.1, -0.05) is 24.3 Å². The van der Waals surface area contributed by atoms with Gasteiger partial charge in [-0.15, -0.1) is 11.3 Å². The first-order valence-electron chi connectivity index (χ1n) is 9.85. The lowest BCUT2D eigenvalue weighted by atomic mass is 10.1. The molecule has 0 atom stereocenters. The summed E-state index contributed by atoms with van der Waals surface area (Å²) in [4.78, 5) is 50.0. The molecule has 0 spiro atoms. The number of halogens is 1. The molecule has 2 aromatic heterocycles. The topological polar surface area (TPSA) is 110 Å². The maximum absolute atomic E-state index is 13.3. The number of rotatable bonds is 6. The predicted molar refractivity (Wildman–Crippen MR) is 121 cm³/mol. The van der Waals surface area contributed by atoms with Crippen molar-refractivity contribution in [2.45, 2.75) is 20.0 Å². The van der Waals surface area contributed by atoms with E-state index in [0.29, 0.717) is 21.5 Å². The number of nitrogens with one attached hydrogen (secondary N) is 1. The quantitative estimate of drug-likeness (QED) is 0.453. The molecule has 10 heteroatoms. The molecule has 2 heterocycles. The predicted octanol–water partition coefficient (Wildman–Crippen LogP) is 2.65. The molecule has 0 aliphatic heterocycles. The van der Waals surface area contributed by atoms with Crippen molar-refractivity contribution in [3.8, 4) is 0 Å². The SMILES string of the molecule is Cc1c(=O)n(Cc2ccc(C(=O)O)cc2)c(=O)n2cc(C(=O)NCc3cccc(F)c3)sc12. The number of carboxylic acids is 1. The van der Waals surface area contributed by atoms with Gasteiger partial charge in [-0.05, 0) is 42.3 Å². The van der Waals surface area contributed by atoms with Crippen LogP contribution >= 0.6 is 11.3 Å². The summed E-state index contributed by atoms with van der Waals surface area (Å²) in [5.74, 6) is -1.93. The molecule has 0 aliphatic rings. The number of thiazole rings is 1. The van der Waals surface area contributed by atoms with E-state index in [9.17, 15) is 23.6 Å². The second kappa shape index (κ2) is 8.83. The van der Waals surface area contributed by atoms with E-state index in [-0.39, 0.29) is 23.5 Å². The zero-order valence-electron chi connectivity index (χ0n) is 17.4. The molecular weight excluding hydrogens is 449 g/mol. The van der Waals surface area contributed by atoms with Crippen LogP contribution in [0.2, 0.25) is 0 Å². The highest BCUT2D eigenvalue weighted by molar-refractivity contribution is 7.19. The number of carboxylic acid groups (broad SMARTS) is 1. The van der Waals surface area contributed by atoms with Gasteiger partial charge in [-0.3, -0.25) is 18.6 Å². The van der Waals surface area contributed by atoms with E-state index in [1.54, 1.807) is 31.2 Å². The van der Waals surface area contributed by atoms with E-state index < -0.39 is 28.9 Å². The van der Waals surface area contributed by atoms with Crippen molar-refractivity contribution in [3.05, 3.63) is 109 Å². The summed E-state index contributed by atoms with van der Waals surface area (Å²) in [5, 5.41) is 11.7. The van der Waals surface area contributed by atoms with E-state index in [2.05, 4.69) is 5.32 Å². The molecule has 4 aromatic rings. The van der Waals surface area contributed by atoms with Gasteiger partial charge in [0.05, 0.1) is 12.1 Å². The normalized spacial score (nSPS) is 11.0. The molecule has 33 heavy (non-hydrogen) atoms. The molecule has 0 bridgehead atoms. The Hall–Kier alpha value is -4.05. The average Bonchev–Trinajstić information content (AvgIpc) is 3.25. The number of nitrogens with zero attached hydrogens (tertiary/aromatic N) is 2. The third-order valence-corrected chi connectivity index (χ3v) is 6.31. The first-order chi connectivity index (χ1) is 15.7. The molecular formula is C23H18FN3O5S. The van der Waals surface area contributed by atoms with Crippen molar-refractivity contribution in [3.63, 3.8) is 0 Å². The average molecular weight is 467 g/mol. The van der Waals surface area contributed by atoms with Crippen molar-refractivity contribution >= 4 is 28.0 Å². The third-order valence-electron chi connectivity index (χ3n) is 5.10. The minimum Gasteiger partial charge on any atom is -0.478 e. The molecule has 0 unspecified atom stereocenters. The second-order valence-electron chi connectivity index (χ2n) is 7.38. The number of amides is 1. The fourth-order valence-corrected chi connectivity index (χ4v) is 4.36. The first kappa shape index (κ1) is 22.2. The highest BCUT2D eigenvalue weighted by Gasteiger charge is 2.18. The number of aromatic nitrogens is 2. The van der Waals surface area contributed by atoms with Crippen LogP contribution in [0.1, 0.15) is 36.7 Å². The van der Waals surface area contributed by atoms with Gasteiger partial charge in [0, 0.05) is 18.3 Å². The molecule has 4 rings (SSSR count). The lowest BCUT2D eigenvalue weighted by Gasteiger charge is -2.08. The van der Waals surface area contributed by atoms with Crippen LogP contribution in [0.15, 0.2) is 64.3 Å². The van der Waals surface area contributed by atoms with Crippen LogP contribution < -0.4 is 16.6 Å². The van der Waals surface area contributed by atoms with Gasteiger partial charge in [0.1, 0.15) is 15.5 Å². The Morgan fingerprint density at radius 2 is 1.82 bits per heavy atom. The fraction of sp³-hybridized carbons (Fsp3) is 0.130. The van der Waals surface area contributed by atoms with E-state index in [0.717, 1.165) is 15.9 Å². The number of fused-ring (bicyclic) bond motifs is 1. The Labute approximate surface area is 190 Å². The van der Waals surface area contributed by atoms with E-state index in [1.165, 1.54) is 34.9 Å². The third kappa shape index (κ3) is 4.46. The molecule has 1 amide bonds. The number of carbonyl (C=O) groups excluding carboxylic acids is 1. The minimum absolute atomic E-state index is 0.0434. The first-order valence-corrected chi connectivity index (χ1v) is 10.7. The summed E-state index contributed by atoms with van der Waals surface area (Å²) in [7, 11) is 0. The van der Waals surface area contributed by atoms with Crippen molar-refractivity contribution in [1.29, 1.82) is 0 Å². The van der Waals surface area contributed by atoms with Gasteiger partial charge < -0.3 is 10.4 Å². The summed E-state index contributed by atoms with van der Waals surface area (Å²) in [6.45, 7) is 1.64. The highest BCUT2D eigenvalue weighted by Crippen LogP contribution is 2.18. The molecule has 2 N–H and O–H groups in total. The number of hydrogen-bond acceptors (Lipinski definition) is 5. The van der Waals surface area contributed by atoms with Gasteiger partial charge in [0.15, 0.2) is 0 Å². The zero-order valence-corrected chi connectivity index (χ0v) is 18.2. The summed E-state index contributed by atoms with van der Waals surface area (Å²) >= 11 is 1.02. The maximum Gasteiger partial charge on any atom is 0.336 e. The molecule has 8 nitrogen and oxygen atoms in total. The van der Waals surface area contributed by atoms with Gasteiger partial charge in [0.2, 0.25) is 0 Å². The van der Waals surface area contributed by atoms with Gasteiger partial charge in [-0.2, -0.15) is 0 Å². The number of hydrogen-bond donors (Lipinski definition) is 2. The van der Waals surface area contributed by atoms with Crippen LogP contribution in [0.5, 0.6) is 0 Å². The Morgan fingerprint density at radius 1 is 1.09 bits per heavy atom.